The Morgan fingerprint density at radius 1 is 0.515 bits per heavy atom. The van der Waals surface area contributed by atoms with Gasteiger partial charge in [-0.15, -0.1) is 0 Å². The van der Waals surface area contributed by atoms with Gasteiger partial charge in [0.25, 0.3) is 0 Å². The highest BCUT2D eigenvalue weighted by molar-refractivity contribution is 5.69. The van der Waals surface area contributed by atoms with Crippen molar-refractivity contribution in [3.63, 3.8) is 0 Å². The summed E-state index contributed by atoms with van der Waals surface area (Å²) in [5, 5.41) is 106. The Morgan fingerprint density at radius 2 is 0.818 bits per heavy atom. The van der Waals surface area contributed by atoms with E-state index in [9.17, 15) is 60.7 Å². The quantitative estimate of drug-likeness (QED) is 0.0771. The van der Waals surface area contributed by atoms with Gasteiger partial charge in [0.2, 0.25) is 0 Å². The number of hydrogen-bond donors (Lipinski definition) is 12. The standard InChI is InChI=1S/C22H44N4O6.C20H40N4O10/c1-21(2)29-13-17(19(27)15-31-21)25-9-5-23-7-11-26(12-8-24-6-10-25)18-14-30-22(3,4)32-16-20(18)28;25-11-15(17(29)13-27)23-5-1-21(9-19(31)32)2-6-24(16(12-26)18(30)14-28)8-4-22(3-7-23)10-20(33)34/h17-20,23-24,27-28H,5-16H2,1-4H3;15-18,25-30H,1-14H2,(H,31,32)(H,33,34)/t;15-,16+,17-,18-/m.1/s1. The number of carbonyl (C=O) groups is 2. The molecule has 0 radical (unpaired) electrons. The summed E-state index contributed by atoms with van der Waals surface area (Å²) in [6.07, 6.45) is -3.63. The van der Waals surface area contributed by atoms with Gasteiger partial charge in [-0.3, -0.25) is 39.0 Å². The number of aliphatic hydroxyl groups excluding tert-OH is 8. The summed E-state index contributed by atoms with van der Waals surface area (Å²) < 4.78 is 23.2. The van der Waals surface area contributed by atoms with E-state index in [1.165, 1.54) is 0 Å². The van der Waals surface area contributed by atoms with Crippen LogP contribution in [-0.2, 0) is 28.5 Å². The van der Waals surface area contributed by atoms with E-state index in [1.807, 2.05) is 27.7 Å². The zero-order valence-corrected chi connectivity index (χ0v) is 39.6. The Morgan fingerprint density at radius 3 is 1.09 bits per heavy atom. The highest BCUT2D eigenvalue weighted by atomic mass is 16.7. The SMILES string of the molecule is CC1(C)OCC(O)C(N2CCNCCN(C3COC(C)(C)OCC3O)CCNCC2)CO1.O=C(O)CN1CCN([C@H](CO)[C@H](O)CO)CCN(CC(=O)O)CCN([C@@H](CO)[C@H](O)CO)CC1. The van der Waals surface area contributed by atoms with Gasteiger partial charge in [0.15, 0.2) is 11.6 Å². The Bertz CT molecular complexity index is 1240. The van der Waals surface area contributed by atoms with Crippen LogP contribution >= 0.6 is 0 Å². The Kier molecular flexibility index (Phi) is 26.6. The molecule has 24 heteroatoms. The predicted octanol–water partition coefficient (Wildman–Crippen LogP) is -6.39. The molecule has 388 valence electrons. The van der Waals surface area contributed by atoms with E-state index >= 15 is 0 Å². The van der Waals surface area contributed by atoms with Crippen LogP contribution in [0.15, 0.2) is 0 Å². The molecule has 8 atom stereocenters. The van der Waals surface area contributed by atoms with Crippen molar-refractivity contribution in [2.75, 3.05) is 171 Å². The van der Waals surface area contributed by atoms with Crippen molar-refractivity contribution < 1.29 is 79.6 Å². The van der Waals surface area contributed by atoms with Crippen molar-refractivity contribution in [1.82, 2.24) is 40.0 Å². The Labute approximate surface area is 389 Å². The molecule has 4 unspecified atom stereocenters. The fraction of sp³-hybridized carbons (Fsp3) is 0.952. The van der Waals surface area contributed by atoms with Crippen molar-refractivity contribution in [2.45, 2.75) is 87.9 Å². The first-order chi connectivity index (χ1) is 31.3. The lowest BCUT2D eigenvalue weighted by Crippen LogP contribution is -2.56. The molecule has 0 aromatic carbocycles. The molecule has 0 aliphatic carbocycles. The third-order valence-corrected chi connectivity index (χ3v) is 12.6. The number of nitrogens with zero attached hydrogens (tertiary/aromatic N) is 6. The molecule has 4 saturated heterocycles. The number of hydrogen-bond acceptors (Lipinski definition) is 22. The average molecular weight is 957 g/mol. The number of aliphatic hydroxyl groups is 8. The fourth-order valence-electron chi connectivity index (χ4n) is 8.49. The van der Waals surface area contributed by atoms with Crippen molar-refractivity contribution in [2.24, 2.45) is 0 Å². The van der Waals surface area contributed by atoms with E-state index in [2.05, 4.69) is 20.4 Å². The van der Waals surface area contributed by atoms with Crippen LogP contribution in [0, 0.1) is 0 Å². The maximum Gasteiger partial charge on any atom is 0.317 e. The molecule has 4 rings (SSSR count). The van der Waals surface area contributed by atoms with Crippen LogP contribution < -0.4 is 10.6 Å². The van der Waals surface area contributed by atoms with Crippen LogP contribution in [0.5, 0.6) is 0 Å². The summed E-state index contributed by atoms with van der Waals surface area (Å²) in [5.74, 6) is -3.45. The number of carboxylic acids is 2. The lowest BCUT2D eigenvalue weighted by atomic mass is 10.1. The van der Waals surface area contributed by atoms with Gasteiger partial charge >= 0.3 is 11.9 Å². The van der Waals surface area contributed by atoms with Gasteiger partial charge in [0, 0.05) is 105 Å². The number of aliphatic carboxylic acids is 2. The number of carboxylic acid groups (broad SMARTS) is 2. The van der Waals surface area contributed by atoms with E-state index in [-0.39, 0.29) is 90.7 Å². The van der Waals surface area contributed by atoms with E-state index in [4.69, 9.17) is 18.9 Å². The first kappa shape index (κ1) is 58.5. The monoisotopic (exact) mass is 957 g/mol. The molecule has 0 spiro atoms. The molecule has 0 bridgehead atoms. The minimum atomic E-state index is -1.24. The Hall–Kier alpha value is -1.86. The molecule has 24 nitrogen and oxygen atoms in total. The third kappa shape index (κ3) is 20.6. The topological polar surface area (TPSA) is 317 Å². The van der Waals surface area contributed by atoms with E-state index in [1.54, 1.807) is 19.6 Å². The molecular weight excluding hydrogens is 873 g/mol. The maximum atomic E-state index is 11.4. The zero-order valence-electron chi connectivity index (χ0n) is 39.6. The molecule has 0 aromatic heterocycles. The molecule has 4 aliphatic rings. The highest BCUT2D eigenvalue weighted by Gasteiger charge is 2.37. The molecule has 66 heavy (non-hydrogen) atoms. The van der Waals surface area contributed by atoms with Gasteiger partial charge in [0.1, 0.15) is 0 Å². The summed E-state index contributed by atoms with van der Waals surface area (Å²) in [7, 11) is 0. The summed E-state index contributed by atoms with van der Waals surface area (Å²) in [4.78, 5) is 34.0. The minimum Gasteiger partial charge on any atom is -0.480 e. The van der Waals surface area contributed by atoms with Crippen LogP contribution in [0.1, 0.15) is 27.7 Å². The molecule has 4 heterocycles. The number of rotatable bonds is 14. The van der Waals surface area contributed by atoms with Gasteiger partial charge in [-0.1, -0.05) is 0 Å². The van der Waals surface area contributed by atoms with Crippen LogP contribution in [0.4, 0.5) is 0 Å². The van der Waals surface area contributed by atoms with Gasteiger partial charge in [-0.05, 0) is 27.7 Å². The van der Waals surface area contributed by atoms with E-state index in [0.717, 1.165) is 52.4 Å². The van der Waals surface area contributed by atoms with Gasteiger partial charge in [-0.25, -0.2) is 0 Å². The predicted molar refractivity (Wildman–Crippen MR) is 240 cm³/mol. The highest BCUT2D eigenvalue weighted by Crippen LogP contribution is 2.22. The molecule has 0 saturated carbocycles. The second-order valence-electron chi connectivity index (χ2n) is 18.3. The summed E-state index contributed by atoms with van der Waals surface area (Å²) in [6, 6.07) is -1.83. The third-order valence-electron chi connectivity index (χ3n) is 12.6. The first-order valence-corrected chi connectivity index (χ1v) is 23.3. The van der Waals surface area contributed by atoms with Crippen molar-refractivity contribution >= 4 is 11.9 Å². The second-order valence-corrected chi connectivity index (χ2v) is 18.3. The molecule has 0 aromatic rings. The molecule has 12 N–H and O–H groups in total. The zero-order chi connectivity index (χ0) is 48.9. The first-order valence-electron chi connectivity index (χ1n) is 23.3. The van der Waals surface area contributed by atoms with Gasteiger partial charge in [0.05, 0.1) is 115 Å². The van der Waals surface area contributed by atoms with Gasteiger partial charge in [-0.2, -0.15) is 0 Å². The summed E-state index contributed by atoms with van der Waals surface area (Å²) >= 11 is 0. The number of ether oxygens (including phenoxy) is 4. The van der Waals surface area contributed by atoms with Crippen LogP contribution in [0.3, 0.4) is 0 Å². The lowest BCUT2D eigenvalue weighted by molar-refractivity contribution is -0.204. The fourth-order valence-corrected chi connectivity index (χ4v) is 8.49. The molecule has 4 fully saturated rings. The normalized spacial score (nSPS) is 29.4. The van der Waals surface area contributed by atoms with Crippen molar-refractivity contribution in [3.8, 4) is 0 Å². The molecule has 0 amide bonds. The van der Waals surface area contributed by atoms with Crippen molar-refractivity contribution in [1.29, 1.82) is 0 Å². The van der Waals surface area contributed by atoms with Crippen LogP contribution in [-0.4, -0.2) is 323 Å². The summed E-state index contributed by atoms with van der Waals surface area (Å²) in [5.41, 5.74) is 0. The Balaban J connectivity index is 0.000000351. The van der Waals surface area contributed by atoms with Crippen molar-refractivity contribution in [3.05, 3.63) is 0 Å². The smallest absolute Gasteiger partial charge is 0.317 e. The van der Waals surface area contributed by atoms with Crippen LogP contribution in [0.25, 0.3) is 0 Å². The molecular formula is C42H84N8O16. The number of nitrogens with one attached hydrogen (secondary N) is 2. The maximum absolute atomic E-state index is 11.4. The van der Waals surface area contributed by atoms with Crippen LogP contribution in [0.2, 0.25) is 0 Å². The van der Waals surface area contributed by atoms with E-state index < -0.39 is 86.4 Å². The molecule has 4 aliphatic heterocycles. The average Bonchev–Trinajstić information content (AvgIpc) is 3.49. The van der Waals surface area contributed by atoms with Gasteiger partial charge < -0.3 is 80.6 Å². The lowest BCUT2D eigenvalue weighted by Gasteiger charge is -2.39. The summed E-state index contributed by atoms with van der Waals surface area (Å²) in [6.45, 7) is 14.7. The second kappa shape index (κ2) is 30.0. The van der Waals surface area contributed by atoms with E-state index in [0.29, 0.717) is 13.2 Å². The largest absolute Gasteiger partial charge is 0.480 e. The minimum absolute atomic E-state index is 0.0959.